The summed E-state index contributed by atoms with van der Waals surface area (Å²) in [4.78, 5) is 7.05. The third-order valence-electron chi connectivity index (χ3n) is 4.36. The van der Waals surface area contributed by atoms with Crippen LogP contribution in [0.15, 0.2) is 60.1 Å². The summed E-state index contributed by atoms with van der Waals surface area (Å²) in [6.45, 7) is 11.2. The molecule has 0 spiro atoms. The molecule has 2 aromatic rings. The molecule has 0 amide bonds. The van der Waals surface area contributed by atoms with Gasteiger partial charge in [-0.15, -0.1) is 0 Å². The number of benzene rings is 2. The molecule has 0 aromatic heterocycles. The Morgan fingerprint density at radius 2 is 1.86 bits per heavy atom. The molecule has 0 atom stereocenters. The minimum atomic E-state index is 0.758. The van der Waals surface area contributed by atoms with Gasteiger partial charge in [-0.3, -0.25) is 9.89 Å². The van der Waals surface area contributed by atoms with Crippen molar-refractivity contribution in [3.05, 3.63) is 77.4 Å². The number of hydrogen-bond acceptors (Lipinski definition) is 2. The largest absolute Gasteiger partial charge is 0.274 e. The highest BCUT2D eigenvalue weighted by atomic mass is 15.2. The summed E-state index contributed by atoms with van der Waals surface area (Å²) >= 11 is 0. The first-order chi connectivity index (χ1) is 10.6. The zero-order chi connectivity index (χ0) is 15.5. The Bertz CT molecular complexity index is 714. The fraction of sp³-hybridized carbons (Fsp3) is 0.250. The molecule has 2 heteroatoms. The maximum Gasteiger partial charge on any atom is 0.0919 e. The molecular weight excluding hydrogens is 268 g/mol. The molecule has 22 heavy (non-hydrogen) atoms. The summed E-state index contributed by atoms with van der Waals surface area (Å²) in [7, 11) is 0. The molecule has 2 nitrogen and oxygen atoms in total. The van der Waals surface area contributed by atoms with E-state index in [1.54, 1.807) is 0 Å². The van der Waals surface area contributed by atoms with E-state index in [2.05, 4.69) is 73.9 Å². The van der Waals surface area contributed by atoms with Gasteiger partial charge >= 0.3 is 0 Å². The average Bonchev–Trinajstić information content (AvgIpc) is 2.99. The van der Waals surface area contributed by atoms with Crippen LogP contribution in [0.1, 0.15) is 22.3 Å². The van der Waals surface area contributed by atoms with Crippen molar-refractivity contribution in [1.82, 2.24) is 4.90 Å². The van der Waals surface area contributed by atoms with Crippen molar-refractivity contribution in [2.45, 2.75) is 20.4 Å². The Balaban J connectivity index is 1.70. The summed E-state index contributed by atoms with van der Waals surface area (Å²) in [5.74, 6) is 0. The summed E-state index contributed by atoms with van der Waals surface area (Å²) in [6, 6.07) is 16.9. The Hall–Kier alpha value is -2.19. The molecule has 0 saturated heterocycles. The number of nitrogens with zero attached hydrogens (tertiary/aromatic N) is 2. The lowest BCUT2D eigenvalue weighted by atomic mass is 9.95. The molecule has 1 aliphatic rings. The van der Waals surface area contributed by atoms with Gasteiger partial charge < -0.3 is 0 Å². The molecule has 0 aliphatic carbocycles. The Labute approximate surface area is 132 Å². The highest BCUT2D eigenvalue weighted by Crippen LogP contribution is 2.24. The van der Waals surface area contributed by atoms with E-state index in [0.717, 1.165) is 31.0 Å². The molecule has 1 heterocycles. The molecule has 0 bridgehead atoms. The Kier molecular flexibility index (Phi) is 4.21. The minimum absolute atomic E-state index is 0.758. The molecule has 0 fully saturated rings. The van der Waals surface area contributed by atoms with Gasteiger partial charge in [0.15, 0.2) is 0 Å². The summed E-state index contributed by atoms with van der Waals surface area (Å²) in [5, 5.41) is 0. The number of aliphatic imine (C=N–C) groups is 1. The number of hydrogen-bond donors (Lipinski definition) is 0. The van der Waals surface area contributed by atoms with Gasteiger partial charge in [-0.1, -0.05) is 55.1 Å². The van der Waals surface area contributed by atoms with Crippen LogP contribution in [-0.2, 0) is 6.54 Å². The molecule has 0 unspecified atom stereocenters. The average molecular weight is 290 g/mol. The SMILES string of the molecule is C=C(C1=NCN(Cc2ccccc2)C1)c1cccc(C)c1C. The van der Waals surface area contributed by atoms with Crippen LogP contribution in [0.25, 0.3) is 5.57 Å². The van der Waals surface area contributed by atoms with Gasteiger partial charge in [0.2, 0.25) is 0 Å². The van der Waals surface area contributed by atoms with Gasteiger partial charge in [0.05, 0.1) is 12.4 Å². The van der Waals surface area contributed by atoms with Gasteiger partial charge in [-0.05, 0) is 41.7 Å². The summed E-state index contributed by atoms with van der Waals surface area (Å²) in [6.07, 6.45) is 0. The van der Waals surface area contributed by atoms with Crippen molar-refractivity contribution in [2.24, 2.45) is 4.99 Å². The van der Waals surface area contributed by atoms with E-state index in [-0.39, 0.29) is 0 Å². The van der Waals surface area contributed by atoms with Crippen LogP contribution in [0.4, 0.5) is 0 Å². The molecule has 1 aliphatic heterocycles. The van der Waals surface area contributed by atoms with Gasteiger partial charge in [0.1, 0.15) is 0 Å². The first kappa shape index (κ1) is 14.7. The molecule has 0 saturated carbocycles. The molecular formula is C20H22N2. The predicted molar refractivity (Wildman–Crippen MR) is 94.1 cm³/mol. The minimum Gasteiger partial charge on any atom is -0.274 e. The zero-order valence-electron chi connectivity index (χ0n) is 13.3. The summed E-state index contributed by atoms with van der Waals surface area (Å²) in [5.41, 5.74) is 7.34. The Morgan fingerprint density at radius 1 is 1.09 bits per heavy atom. The lowest BCUT2D eigenvalue weighted by Crippen LogP contribution is -2.23. The second-order valence-electron chi connectivity index (χ2n) is 5.94. The van der Waals surface area contributed by atoms with E-state index in [4.69, 9.17) is 4.99 Å². The van der Waals surface area contributed by atoms with Crippen molar-refractivity contribution in [2.75, 3.05) is 13.2 Å². The van der Waals surface area contributed by atoms with Crippen LogP contribution in [0.2, 0.25) is 0 Å². The van der Waals surface area contributed by atoms with Crippen LogP contribution in [-0.4, -0.2) is 23.8 Å². The predicted octanol–water partition coefficient (Wildman–Crippen LogP) is 4.23. The molecule has 2 aromatic carbocycles. The van der Waals surface area contributed by atoms with Crippen molar-refractivity contribution in [1.29, 1.82) is 0 Å². The van der Waals surface area contributed by atoms with Crippen LogP contribution < -0.4 is 0 Å². The highest BCUT2D eigenvalue weighted by Gasteiger charge is 2.19. The van der Waals surface area contributed by atoms with E-state index in [1.807, 2.05) is 0 Å². The maximum absolute atomic E-state index is 4.70. The fourth-order valence-electron chi connectivity index (χ4n) is 2.87. The monoisotopic (exact) mass is 290 g/mol. The van der Waals surface area contributed by atoms with E-state index in [1.165, 1.54) is 22.3 Å². The second-order valence-corrected chi connectivity index (χ2v) is 5.94. The van der Waals surface area contributed by atoms with E-state index in [0.29, 0.717) is 0 Å². The lowest BCUT2D eigenvalue weighted by molar-refractivity contribution is 0.335. The fourth-order valence-corrected chi connectivity index (χ4v) is 2.87. The third-order valence-corrected chi connectivity index (χ3v) is 4.36. The van der Waals surface area contributed by atoms with Crippen LogP contribution in [0.5, 0.6) is 0 Å². The van der Waals surface area contributed by atoms with Gasteiger partial charge in [0.25, 0.3) is 0 Å². The van der Waals surface area contributed by atoms with Gasteiger partial charge in [-0.2, -0.15) is 0 Å². The van der Waals surface area contributed by atoms with E-state index in [9.17, 15) is 0 Å². The molecule has 0 N–H and O–H groups in total. The molecule has 0 radical (unpaired) electrons. The topological polar surface area (TPSA) is 15.6 Å². The number of aryl methyl sites for hydroxylation is 1. The summed E-state index contributed by atoms with van der Waals surface area (Å²) < 4.78 is 0. The molecule has 3 rings (SSSR count). The van der Waals surface area contributed by atoms with Crippen molar-refractivity contribution >= 4 is 11.3 Å². The second kappa shape index (κ2) is 6.29. The number of rotatable bonds is 4. The van der Waals surface area contributed by atoms with Crippen LogP contribution in [0, 0.1) is 13.8 Å². The van der Waals surface area contributed by atoms with Crippen molar-refractivity contribution in [3.63, 3.8) is 0 Å². The van der Waals surface area contributed by atoms with Gasteiger partial charge in [0, 0.05) is 13.1 Å². The standard InChI is InChI=1S/C20H22N2/c1-15-8-7-11-19(16(15)2)17(3)20-13-22(14-21-20)12-18-9-5-4-6-10-18/h4-11H,3,12-14H2,1-2H3. The first-order valence-corrected chi connectivity index (χ1v) is 7.70. The van der Waals surface area contributed by atoms with Crippen molar-refractivity contribution < 1.29 is 0 Å². The molecule has 112 valence electrons. The zero-order valence-corrected chi connectivity index (χ0v) is 13.3. The van der Waals surface area contributed by atoms with Crippen LogP contribution in [0.3, 0.4) is 0 Å². The van der Waals surface area contributed by atoms with Gasteiger partial charge in [-0.25, -0.2) is 0 Å². The lowest BCUT2D eigenvalue weighted by Gasteiger charge is -2.15. The van der Waals surface area contributed by atoms with E-state index >= 15 is 0 Å². The smallest absolute Gasteiger partial charge is 0.0919 e. The maximum atomic E-state index is 4.70. The van der Waals surface area contributed by atoms with Crippen LogP contribution >= 0.6 is 0 Å². The van der Waals surface area contributed by atoms with Crippen molar-refractivity contribution in [3.8, 4) is 0 Å². The normalized spacial score (nSPS) is 14.9. The third kappa shape index (κ3) is 3.02. The quantitative estimate of drug-likeness (QED) is 0.822. The highest BCUT2D eigenvalue weighted by molar-refractivity contribution is 6.25. The Morgan fingerprint density at radius 3 is 2.64 bits per heavy atom. The first-order valence-electron chi connectivity index (χ1n) is 7.70. The van der Waals surface area contributed by atoms with E-state index < -0.39 is 0 Å².